The van der Waals surface area contributed by atoms with E-state index in [2.05, 4.69) is 46.9 Å². The average molecular weight is 548 g/mol. The van der Waals surface area contributed by atoms with Crippen LogP contribution in [0.4, 0.5) is 0 Å². The zero-order valence-corrected chi connectivity index (χ0v) is 26.5. The summed E-state index contributed by atoms with van der Waals surface area (Å²) in [6, 6.07) is 0. The van der Waals surface area contributed by atoms with Gasteiger partial charge in [0.2, 0.25) is 5.91 Å². The molecule has 7 heteroatoms. The van der Waals surface area contributed by atoms with Gasteiger partial charge in [-0.25, -0.2) is 0 Å². The van der Waals surface area contributed by atoms with Gasteiger partial charge in [0.15, 0.2) is 0 Å². The summed E-state index contributed by atoms with van der Waals surface area (Å²) < 4.78 is 13.2. The van der Waals surface area contributed by atoms with Crippen molar-refractivity contribution in [1.82, 2.24) is 5.32 Å². The molecule has 3 saturated carbocycles. The van der Waals surface area contributed by atoms with Crippen molar-refractivity contribution >= 4 is 18.8 Å². The van der Waals surface area contributed by atoms with E-state index in [1.54, 1.807) is 6.92 Å². The highest BCUT2D eigenvalue weighted by Gasteiger charge is 2.68. The Bertz CT molecular complexity index is 842. The lowest BCUT2D eigenvalue weighted by atomic mass is 9.43. The molecule has 1 saturated heterocycles. The number of rotatable bonds is 16. The Morgan fingerprint density at radius 1 is 1.05 bits per heavy atom. The number of Topliss-reactive ketones (excluding diaryl/α,β-unsaturated/α-hetero) is 1. The van der Waals surface area contributed by atoms with Gasteiger partial charge >= 0.3 is 7.12 Å². The fraction of sp³-hybridized carbons (Fsp3) is 0.938. The highest BCUT2D eigenvalue weighted by molar-refractivity contribution is 6.47. The maximum atomic E-state index is 13.6. The molecule has 0 aromatic carbocycles. The van der Waals surface area contributed by atoms with E-state index in [1.165, 1.54) is 32.1 Å². The Labute approximate surface area is 239 Å². The van der Waals surface area contributed by atoms with Crippen molar-refractivity contribution in [3.8, 4) is 0 Å². The topological polar surface area (TPSA) is 84.9 Å². The molecule has 1 aliphatic heterocycles. The normalized spacial score (nSPS) is 29.9. The number of carbonyl (C=O) groups excluding carboxylic acids is 2. The van der Waals surface area contributed by atoms with Crippen LogP contribution in [0.2, 0.25) is 0 Å². The number of carbonyl (C=O) groups is 2. The Kier molecular flexibility index (Phi) is 10.8. The molecule has 4 aliphatic rings. The molecular weight excluding hydrogens is 489 g/mol. The van der Waals surface area contributed by atoms with Crippen LogP contribution >= 0.6 is 0 Å². The minimum absolute atomic E-state index is 0.0442. The van der Waals surface area contributed by atoms with E-state index < -0.39 is 24.6 Å². The van der Waals surface area contributed by atoms with Crippen molar-refractivity contribution in [2.24, 2.45) is 34.5 Å². The van der Waals surface area contributed by atoms with Crippen LogP contribution in [-0.4, -0.2) is 47.7 Å². The number of hydrogen-bond donors (Lipinski definition) is 2. The lowest BCUT2D eigenvalue weighted by Gasteiger charge is -2.64. The SMILES string of the molecule is CCCCCCCCC(C)(C)C(=O)C[C@H](C(=O)N[C@@H](CC(C)C)B1O[C@@H]2C[C@@H]3C[C@@H](C3(C)C)[C@]2(C)O1)[C@@H](C)O. The fourth-order valence-corrected chi connectivity index (χ4v) is 7.55. The summed E-state index contributed by atoms with van der Waals surface area (Å²) in [5.41, 5.74) is -0.603. The standard InChI is InChI=1S/C32H58BNO5/c1-10-11-12-13-14-15-16-30(5,6)26(36)20-24(22(4)35)29(37)34-28(17-21(2)3)33-38-27-19-23-18-25(31(23,7)8)32(27,9)39-33/h21-25,27-28,35H,10-20H2,1-9H3,(H,34,37)/t22-,23+,24+,25+,27-,28+,32+/m1/s1. The van der Waals surface area contributed by atoms with Crippen molar-refractivity contribution in [2.75, 3.05) is 0 Å². The van der Waals surface area contributed by atoms with Gasteiger partial charge in [-0.15, -0.1) is 0 Å². The summed E-state index contributed by atoms with van der Waals surface area (Å²) in [5, 5.41) is 13.8. The summed E-state index contributed by atoms with van der Waals surface area (Å²) in [6.45, 7) is 18.9. The monoisotopic (exact) mass is 547 g/mol. The second-order valence-electron chi connectivity index (χ2n) is 15.0. The van der Waals surface area contributed by atoms with Crippen LogP contribution in [0, 0.1) is 34.5 Å². The van der Waals surface area contributed by atoms with Gasteiger partial charge in [0.1, 0.15) is 5.78 Å². The van der Waals surface area contributed by atoms with Crippen molar-refractivity contribution in [3.63, 3.8) is 0 Å². The molecule has 224 valence electrons. The molecule has 0 aromatic heterocycles. The highest BCUT2D eigenvalue weighted by Crippen LogP contribution is 2.65. The molecule has 39 heavy (non-hydrogen) atoms. The number of aliphatic hydroxyl groups is 1. The minimum atomic E-state index is -0.919. The number of hydrogen-bond acceptors (Lipinski definition) is 5. The van der Waals surface area contributed by atoms with Crippen LogP contribution in [0.3, 0.4) is 0 Å². The summed E-state index contributed by atoms with van der Waals surface area (Å²) >= 11 is 0. The molecule has 2 bridgehead atoms. The lowest BCUT2D eigenvalue weighted by molar-refractivity contribution is -0.199. The van der Waals surface area contributed by atoms with Crippen molar-refractivity contribution in [1.29, 1.82) is 0 Å². The number of amides is 1. The van der Waals surface area contributed by atoms with Crippen LogP contribution in [0.15, 0.2) is 0 Å². The second-order valence-corrected chi connectivity index (χ2v) is 15.0. The van der Waals surface area contributed by atoms with Gasteiger partial charge in [-0.05, 0) is 62.7 Å². The Morgan fingerprint density at radius 2 is 1.69 bits per heavy atom. The molecule has 7 atom stereocenters. The fourth-order valence-electron chi connectivity index (χ4n) is 7.55. The number of unbranched alkanes of at least 4 members (excludes halogenated alkanes) is 5. The summed E-state index contributed by atoms with van der Waals surface area (Å²) in [4.78, 5) is 26.9. The van der Waals surface area contributed by atoms with E-state index in [4.69, 9.17) is 9.31 Å². The molecule has 0 spiro atoms. The quantitative estimate of drug-likeness (QED) is 0.170. The van der Waals surface area contributed by atoms with Crippen molar-refractivity contribution < 1.29 is 24.0 Å². The van der Waals surface area contributed by atoms with Gasteiger partial charge < -0.3 is 19.7 Å². The zero-order chi connectivity index (χ0) is 29.2. The molecule has 4 rings (SSSR count). The van der Waals surface area contributed by atoms with Crippen LogP contribution < -0.4 is 5.32 Å². The largest absolute Gasteiger partial charge is 0.481 e. The first kappa shape index (κ1) is 32.6. The van der Waals surface area contributed by atoms with Crippen LogP contribution in [0.25, 0.3) is 0 Å². The second kappa shape index (κ2) is 12.9. The van der Waals surface area contributed by atoms with Crippen molar-refractivity contribution in [3.05, 3.63) is 0 Å². The van der Waals surface area contributed by atoms with Crippen LogP contribution in [0.1, 0.15) is 133 Å². The van der Waals surface area contributed by atoms with Crippen LogP contribution in [-0.2, 0) is 18.9 Å². The predicted molar refractivity (Wildman–Crippen MR) is 158 cm³/mol. The van der Waals surface area contributed by atoms with Gasteiger partial charge in [0.05, 0.1) is 29.7 Å². The predicted octanol–water partition coefficient (Wildman–Crippen LogP) is 6.52. The van der Waals surface area contributed by atoms with E-state index in [0.29, 0.717) is 24.2 Å². The molecule has 1 heterocycles. The third-order valence-electron chi connectivity index (χ3n) is 10.6. The molecule has 3 aliphatic carbocycles. The summed E-state index contributed by atoms with van der Waals surface area (Å²) in [5.74, 6) is 0.0839. The molecular formula is C32H58BNO5. The first-order valence-corrected chi connectivity index (χ1v) is 16.0. The van der Waals surface area contributed by atoms with Gasteiger partial charge in [-0.2, -0.15) is 0 Å². The van der Waals surface area contributed by atoms with E-state index >= 15 is 0 Å². The summed E-state index contributed by atoms with van der Waals surface area (Å²) in [7, 11) is -0.518. The van der Waals surface area contributed by atoms with Gasteiger partial charge in [-0.1, -0.05) is 87.0 Å². The number of aliphatic hydroxyl groups excluding tert-OH is 1. The number of nitrogens with one attached hydrogen (secondary N) is 1. The Balaban J connectivity index is 1.62. The minimum Gasteiger partial charge on any atom is -0.404 e. The maximum absolute atomic E-state index is 13.6. The summed E-state index contributed by atoms with van der Waals surface area (Å²) in [6.07, 6.45) is 9.96. The van der Waals surface area contributed by atoms with E-state index in [1.807, 2.05) is 13.8 Å². The van der Waals surface area contributed by atoms with Crippen molar-refractivity contribution in [2.45, 2.75) is 157 Å². The first-order valence-electron chi connectivity index (χ1n) is 16.0. The van der Waals surface area contributed by atoms with Gasteiger partial charge in [0.25, 0.3) is 0 Å². The molecule has 0 aromatic rings. The zero-order valence-electron chi connectivity index (χ0n) is 26.5. The third kappa shape index (κ3) is 7.30. The smallest absolute Gasteiger partial charge is 0.404 e. The Morgan fingerprint density at radius 3 is 2.28 bits per heavy atom. The lowest BCUT2D eigenvalue weighted by Crippen LogP contribution is -2.65. The molecule has 2 N–H and O–H groups in total. The Hall–Kier alpha value is -0.915. The molecule has 0 unspecified atom stereocenters. The van der Waals surface area contributed by atoms with E-state index in [0.717, 1.165) is 25.7 Å². The maximum Gasteiger partial charge on any atom is 0.481 e. The van der Waals surface area contributed by atoms with Gasteiger partial charge in [0, 0.05) is 11.8 Å². The average Bonchev–Trinajstić information content (AvgIpc) is 3.20. The number of ketones is 1. The van der Waals surface area contributed by atoms with Crippen LogP contribution in [0.5, 0.6) is 0 Å². The molecule has 4 fully saturated rings. The van der Waals surface area contributed by atoms with E-state index in [9.17, 15) is 14.7 Å². The molecule has 6 nitrogen and oxygen atoms in total. The molecule has 1 amide bonds. The third-order valence-corrected chi connectivity index (χ3v) is 10.6. The van der Waals surface area contributed by atoms with Gasteiger partial charge in [-0.3, -0.25) is 9.59 Å². The van der Waals surface area contributed by atoms with E-state index in [-0.39, 0.29) is 41.2 Å². The first-order chi connectivity index (χ1) is 18.1. The highest BCUT2D eigenvalue weighted by atomic mass is 16.7. The molecule has 0 radical (unpaired) electrons.